The predicted octanol–water partition coefficient (Wildman–Crippen LogP) is 2.47. The molecule has 0 aliphatic heterocycles. The molecule has 1 heterocycles. The number of hydrogen-bond acceptors (Lipinski definition) is 3. The van der Waals surface area contributed by atoms with Gasteiger partial charge in [0.15, 0.2) is 5.96 Å². The Bertz CT molecular complexity index is 811. The molecule has 6 nitrogen and oxygen atoms in total. The first-order valence-corrected chi connectivity index (χ1v) is 9.02. The molecule has 0 saturated heterocycles. The second-order valence-corrected chi connectivity index (χ2v) is 6.61. The molecule has 1 aromatic heterocycles. The molecule has 150 valence electrons. The number of hydrogen-bond donors (Lipinski definition) is 3. The highest BCUT2D eigenvalue weighted by Crippen LogP contribution is 2.48. The molecule has 0 spiro atoms. The lowest BCUT2D eigenvalue weighted by Gasteiger charge is -2.19. The van der Waals surface area contributed by atoms with E-state index in [-0.39, 0.29) is 41.1 Å². The van der Waals surface area contributed by atoms with Crippen molar-refractivity contribution in [2.24, 2.45) is 4.99 Å². The fraction of sp³-hybridized carbons (Fsp3) is 0.350. The highest BCUT2D eigenvalue weighted by atomic mass is 127. The van der Waals surface area contributed by atoms with Gasteiger partial charge in [0.2, 0.25) is 0 Å². The van der Waals surface area contributed by atoms with E-state index in [1.165, 1.54) is 12.3 Å². The van der Waals surface area contributed by atoms with E-state index in [2.05, 4.69) is 25.9 Å². The van der Waals surface area contributed by atoms with E-state index in [4.69, 9.17) is 0 Å². The first-order valence-electron chi connectivity index (χ1n) is 9.02. The first kappa shape index (κ1) is 22.1. The van der Waals surface area contributed by atoms with Crippen LogP contribution in [0.25, 0.3) is 0 Å². The number of halogens is 2. The number of aliphatic imine (C=N–C) groups is 1. The Hall–Kier alpha value is -2.23. The van der Waals surface area contributed by atoms with E-state index in [0.29, 0.717) is 31.2 Å². The molecule has 0 bridgehead atoms. The van der Waals surface area contributed by atoms with Crippen LogP contribution >= 0.6 is 24.0 Å². The zero-order valence-electron chi connectivity index (χ0n) is 15.7. The Morgan fingerprint density at radius 3 is 2.54 bits per heavy atom. The predicted molar refractivity (Wildman–Crippen MR) is 119 cm³/mol. The van der Waals surface area contributed by atoms with E-state index in [1.54, 1.807) is 31.4 Å². The molecular formula is C20H25FIN5O. The standard InChI is InChI=1S/C20H24FN5O.HI/c1-22-19(25-12-11-24-18(27)15-5-4-10-23-13-15)26-14-20(8-9-20)16-6-2-3-7-17(16)21;/h2-7,10,13H,8-9,11-12,14H2,1H3,(H,24,27)(H2,22,25,26);1H. The number of carbonyl (C=O) groups is 1. The molecule has 2 aromatic rings. The summed E-state index contributed by atoms with van der Waals surface area (Å²) in [6, 6.07) is 10.4. The number of aromatic nitrogens is 1. The fourth-order valence-corrected chi connectivity index (χ4v) is 3.01. The van der Waals surface area contributed by atoms with Crippen LogP contribution in [0.1, 0.15) is 28.8 Å². The number of nitrogens with zero attached hydrogens (tertiary/aromatic N) is 2. The molecule has 3 N–H and O–H groups in total. The van der Waals surface area contributed by atoms with E-state index in [9.17, 15) is 9.18 Å². The van der Waals surface area contributed by atoms with Crippen LogP contribution in [0.15, 0.2) is 53.8 Å². The number of nitrogens with one attached hydrogen (secondary N) is 3. The van der Waals surface area contributed by atoms with Gasteiger partial charge in [0.25, 0.3) is 5.91 Å². The van der Waals surface area contributed by atoms with Gasteiger partial charge in [0, 0.05) is 44.5 Å². The van der Waals surface area contributed by atoms with Crippen molar-refractivity contribution in [1.82, 2.24) is 20.9 Å². The van der Waals surface area contributed by atoms with E-state index < -0.39 is 0 Å². The van der Waals surface area contributed by atoms with Gasteiger partial charge in [0.05, 0.1) is 5.56 Å². The molecule has 1 aromatic carbocycles. The minimum absolute atomic E-state index is 0. The smallest absolute Gasteiger partial charge is 0.252 e. The Labute approximate surface area is 181 Å². The van der Waals surface area contributed by atoms with Crippen LogP contribution in [0.2, 0.25) is 0 Å². The van der Waals surface area contributed by atoms with E-state index in [0.717, 1.165) is 18.4 Å². The summed E-state index contributed by atoms with van der Waals surface area (Å²) < 4.78 is 14.1. The molecule has 28 heavy (non-hydrogen) atoms. The molecule has 1 aliphatic rings. The fourth-order valence-electron chi connectivity index (χ4n) is 3.01. The Morgan fingerprint density at radius 1 is 1.14 bits per heavy atom. The maximum absolute atomic E-state index is 14.1. The van der Waals surface area contributed by atoms with Crippen LogP contribution in [0, 0.1) is 5.82 Å². The van der Waals surface area contributed by atoms with Crippen molar-refractivity contribution in [2.45, 2.75) is 18.3 Å². The number of guanidine groups is 1. The second kappa shape index (κ2) is 10.4. The summed E-state index contributed by atoms with van der Waals surface area (Å²) in [6.07, 6.45) is 5.07. The second-order valence-electron chi connectivity index (χ2n) is 6.61. The Kier molecular flexibility index (Phi) is 8.16. The lowest BCUT2D eigenvalue weighted by Crippen LogP contribution is -2.44. The normalized spacial score (nSPS) is 14.6. The molecular weight excluding hydrogens is 472 g/mol. The molecule has 3 rings (SSSR count). The van der Waals surface area contributed by atoms with Crippen molar-refractivity contribution in [3.63, 3.8) is 0 Å². The number of rotatable bonds is 7. The highest BCUT2D eigenvalue weighted by molar-refractivity contribution is 14.0. The van der Waals surface area contributed by atoms with Crippen molar-refractivity contribution in [3.05, 3.63) is 65.7 Å². The summed E-state index contributed by atoms with van der Waals surface area (Å²) >= 11 is 0. The third kappa shape index (κ3) is 5.63. The quantitative estimate of drug-likeness (QED) is 0.238. The monoisotopic (exact) mass is 497 g/mol. The van der Waals surface area contributed by atoms with Crippen molar-refractivity contribution in [2.75, 3.05) is 26.7 Å². The Morgan fingerprint density at radius 2 is 1.89 bits per heavy atom. The summed E-state index contributed by atoms with van der Waals surface area (Å²) in [6.45, 7) is 1.60. The largest absolute Gasteiger partial charge is 0.356 e. The third-order valence-corrected chi connectivity index (χ3v) is 4.74. The van der Waals surface area contributed by atoms with Crippen molar-refractivity contribution in [1.29, 1.82) is 0 Å². The molecule has 1 fully saturated rings. The minimum atomic E-state index is -0.163. The number of pyridine rings is 1. The average molecular weight is 497 g/mol. The van der Waals surface area contributed by atoms with Gasteiger partial charge in [-0.1, -0.05) is 18.2 Å². The SMILES string of the molecule is CN=C(NCCNC(=O)c1cccnc1)NCC1(c2ccccc2F)CC1.I. The molecule has 0 unspecified atom stereocenters. The van der Waals surface area contributed by atoms with Gasteiger partial charge in [-0.3, -0.25) is 14.8 Å². The molecule has 0 radical (unpaired) electrons. The molecule has 0 atom stereocenters. The molecule has 8 heteroatoms. The van der Waals surface area contributed by atoms with Crippen LogP contribution in [0.3, 0.4) is 0 Å². The van der Waals surface area contributed by atoms with E-state index >= 15 is 0 Å². The molecule has 1 aliphatic carbocycles. The number of carbonyl (C=O) groups excluding carboxylic acids is 1. The van der Waals surface area contributed by atoms with Crippen LogP contribution in [0.4, 0.5) is 4.39 Å². The zero-order chi connectivity index (χ0) is 19.1. The summed E-state index contributed by atoms with van der Waals surface area (Å²) in [5, 5.41) is 9.25. The van der Waals surface area contributed by atoms with Gasteiger partial charge < -0.3 is 16.0 Å². The topological polar surface area (TPSA) is 78.4 Å². The maximum atomic E-state index is 14.1. The van der Waals surface area contributed by atoms with E-state index in [1.807, 2.05) is 12.1 Å². The summed E-state index contributed by atoms with van der Waals surface area (Å²) in [5.41, 5.74) is 1.13. The first-order chi connectivity index (χ1) is 13.1. The van der Waals surface area contributed by atoms with Gasteiger partial charge >= 0.3 is 0 Å². The average Bonchev–Trinajstić information content (AvgIpc) is 3.49. The van der Waals surface area contributed by atoms with Gasteiger partial charge in [-0.25, -0.2) is 4.39 Å². The summed E-state index contributed by atoms with van der Waals surface area (Å²) in [4.78, 5) is 20.1. The molecule has 1 amide bonds. The third-order valence-electron chi connectivity index (χ3n) is 4.74. The lowest BCUT2D eigenvalue weighted by atomic mass is 9.95. The Balaban J connectivity index is 0.00000280. The van der Waals surface area contributed by atoms with Crippen LogP contribution in [-0.2, 0) is 5.41 Å². The van der Waals surface area contributed by atoms with Crippen LogP contribution in [-0.4, -0.2) is 43.5 Å². The lowest BCUT2D eigenvalue weighted by molar-refractivity contribution is 0.0954. The summed E-state index contributed by atoms with van der Waals surface area (Å²) in [5.74, 6) is 0.315. The van der Waals surface area contributed by atoms with Crippen LogP contribution in [0.5, 0.6) is 0 Å². The van der Waals surface area contributed by atoms with Crippen molar-refractivity contribution >= 4 is 35.8 Å². The van der Waals surface area contributed by atoms with Crippen LogP contribution < -0.4 is 16.0 Å². The van der Waals surface area contributed by atoms with Gasteiger partial charge in [-0.2, -0.15) is 0 Å². The number of benzene rings is 1. The number of amides is 1. The van der Waals surface area contributed by atoms with Crippen molar-refractivity contribution < 1.29 is 9.18 Å². The molecule has 1 saturated carbocycles. The van der Waals surface area contributed by atoms with Crippen molar-refractivity contribution in [3.8, 4) is 0 Å². The van der Waals surface area contributed by atoms with Gasteiger partial charge in [0.1, 0.15) is 5.82 Å². The highest BCUT2D eigenvalue weighted by Gasteiger charge is 2.45. The summed E-state index contributed by atoms with van der Waals surface area (Å²) in [7, 11) is 1.69. The zero-order valence-corrected chi connectivity index (χ0v) is 18.1. The van der Waals surface area contributed by atoms with Gasteiger partial charge in [-0.05, 0) is 36.6 Å². The van der Waals surface area contributed by atoms with Gasteiger partial charge in [-0.15, -0.1) is 24.0 Å². The maximum Gasteiger partial charge on any atom is 0.252 e. The minimum Gasteiger partial charge on any atom is -0.356 e.